The number of nitrogens with zero attached hydrogens (tertiary/aromatic N) is 1. The number of benzene rings is 5. The molecular weight excluding hydrogens is 546 g/mol. The summed E-state index contributed by atoms with van der Waals surface area (Å²) in [6.45, 7) is 5.85. The first-order chi connectivity index (χ1) is 21.3. The summed E-state index contributed by atoms with van der Waals surface area (Å²) >= 11 is 0. The lowest BCUT2D eigenvalue weighted by Gasteiger charge is -2.13. The lowest BCUT2D eigenvalue weighted by Crippen LogP contribution is -2.16. The van der Waals surface area contributed by atoms with E-state index in [1.165, 1.54) is 0 Å². The average Bonchev–Trinajstić information content (AvgIpc) is 3.07. The first-order valence-electron chi connectivity index (χ1n) is 14.6. The summed E-state index contributed by atoms with van der Waals surface area (Å²) in [4.78, 5) is 25.2. The van der Waals surface area contributed by atoms with E-state index in [2.05, 4.69) is 37.3 Å². The minimum absolute atomic E-state index is 0.0955. The summed E-state index contributed by atoms with van der Waals surface area (Å²) in [6, 6.07) is 36.4. The number of hydrogen-bond acceptors (Lipinski definition) is 5. The van der Waals surface area contributed by atoms with Gasteiger partial charge in [0.1, 0.15) is 11.5 Å². The van der Waals surface area contributed by atoms with Crippen molar-refractivity contribution in [2.24, 2.45) is 5.92 Å². The van der Waals surface area contributed by atoms with E-state index < -0.39 is 0 Å². The first-order valence-corrected chi connectivity index (χ1v) is 14.6. The molecule has 0 aliphatic carbocycles. The molecule has 5 nitrogen and oxygen atoms in total. The fourth-order valence-corrected chi connectivity index (χ4v) is 5.03. The standard InChI is InChI=1S/C39H33NO4/c1-5-25(2)39(42)44-34-18-14-31(15-19-34)38(41)30-12-10-28(11-13-30)35-20-16-32(22-26(35)3)33-17-21-36(37(23-33)43-4)29-8-6-27(24-40)7-9-29/h6-23,25H,5H2,1-4H3. The summed E-state index contributed by atoms with van der Waals surface area (Å²) < 4.78 is 11.1. The molecule has 0 fully saturated rings. The summed E-state index contributed by atoms with van der Waals surface area (Å²) in [5.74, 6) is 0.646. The number of rotatable bonds is 9. The van der Waals surface area contributed by atoms with Crippen LogP contribution in [0, 0.1) is 24.2 Å². The van der Waals surface area contributed by atoms with Crippen molar-refractivity contribution in [2.75, 3.05) is 7.11 Å². The number of methoxy groups -OCH3 is 1. The van der Waals surface area contributed by atoms with Crippen LogP contribution in [0.3, 0.4) is 0 Å². The second-order valence-corrected chi connectivity index (χ2v) is 10.8. The molecule has 0 aliphatic heterocycles. The van der Waals surface area contributed by atoms with Crippen molar-refractivity contribution in [2.45, 2.75) is 27.2 Å². The Morgan fingerprint density at radius 1 is 0.727 bits per heavy atom. The van der Waals surface area contributed by atoms with Crippen molar-refractivity contribution in [3.8, 4) is 50.9 Å². The van der Waals surface area contributed by atoms with Crippen LogP contribution in [0.4, 0.5) is 0 Å². The quantitative estimate of drug-likeness (QED) is 0.0989. The number of carbonyl (C=O) groups is 2. The van der Waals surface area contributed by atoms with Crippen molar-refractivity contribution in [3.05, 3.63) is 131 Å². The zero-order chi connectivity index (χ0) is 31.2. The molecule has 0 spiro atoms. The second kappa shape index (κ2) is 13.2. The number of ether oxygens (including phenoxy) is 2. The Balaban J connectivity index is 1.31. The Bertz CT molecular complexity index is 1850. The average molecular weight is 580 g/mol. The highest BCUT2D eigenvalue weighted by Gasteiger charge is 2.15. The van der Waals surface area contributed by atoms with Crippen LogP contribution < -0.4 is 9.47 Å². The Kier molecular flexibility index (Phi) is 9.02. The maximum absolute atomic E-state index is 13.1. The van der Waals surface area contributed by atoms with Gasteiger partial charge in [-0.15, -0.1) is 0 Å². The zero-order valence-electron chi connectivity index (χ0n) is 25.3. The fraction of sp³-hybridized carbons (Fsp3) is 0.154. The molecular formula is C39H33NO4. The van der Waals surface area contributed by atoms with E-state index in [4.69, 9.17) is 14.7 Å². The van der Waals surface area contributed by atoms with Crippen LogP contribution >= 0.6 is 0 Å². The van der Waals surface area contributed by atoms with Gasteiger partial charge in [-0.1, -0.05) is 80.6 Å². The molecule has 0 saturated carbocycles. The number of hydrogen-bond donors (Lipinski definition) is 0. The molecule has 0 heterocycles. The molecule has 0 saturated heterocycles. The molecule has 5 aromatic carbocycles. The van der Waals surface area contributed by atoms with Crippen LogP contribution in [0.5, 0.6) is 11.5 Å². The van der Waals surface area contributed by atoms with Gasteiger partial charge < -0.3 is 9.47 Å². The maximum Gasteiger partial charge on any atom is 0.314 e. The lowest BCUT2D eigenvalue weighted by atomic mass is 9.93. The molecule has 0 aromatic heterocycles. The van der Waals surface area contributed by atoms with E-state index >= 15 is 0 Å². The van der Waals surface area contributed by atoms with Gasteiger partial charge in [-0.25, -0.2) is 0 Å². The van der Waals surface area contributed by atoms with Crippen LogP contribution in [0.1, 0.15) is 47.3 Å². The molecule has 5 aromatic rings. The SMILES string of the molecule is CCC(C)C(=O)Oc1ccc(C(=O)c2ccc(-c3ccc(-c4ccc(-c5ccc(C#N)cc5)c(OC)c4)cc3C)cc2)cc1. The van der Waals surface area contributed by atoms with Gasteiger partial charge in [0.15, 0.2) is 5.78 Å². The highest BCUT2D eigenvalue weighted by molar-refractivity contribution is 6.09. The Morgan fingerprint density at radius 2 is 1.25 bits per heavy atom. The predicted molar refractivity (Wildman–Crippen MR) is 174 cm³/mol. The van der Waals surface area contributed by atoms with Crippen LogP contribution in [0.25, 0.3) is 33.4 Å². The fourth-order valence-electron chi connectivity index (χ4n) is 5.03. The van der Waals surface area contributed by atoms with Crippen molar-refractivity contribution in [1.29, 1.82) is 5.26 Å². The number of ketones is 1. The largest absolute Gasteiger partial charge is 0.496 e. The smallest absolute Gasteiger partial charge is 0.314 e. The highest BCUT2D eigenvalue weighted by Crippen LogP contribution is 2.36. The van der Waals surface area contributed by atoms with E-state index in [1.54, 1.807) is 43.5 Å². The Hall–Kier alpha value is -5.47. The molecule has 0 N–H and O–H groups in total. The Labute approximate surface area is 258 Å². The van der Waals surface area contributed by atoms with Gasteiger partial charge in [-0.3, -0.25) is 9.59 Å². The molecule has 5 rings (SSSR count). The number of carbonyl (C=O) groups excluding carboxylic acids is 2. The van der Waals surface area contributed by atoms with Crippen LogP contribution in [-0.4, -0.2) is 18.9 Å². The van der Waals surface area contributed by atoms with Gasteiger partial charge in [0.05, 0.1) is 24.7 Å². The van der Waals surface area contributed by atoms with Gasteiger partial charge in [0.2, 0.25) is 0 Å². The number of esters is 1. The molecule has 0 bridgehead atoms. The third-order valence-electron chi connectivity index (χ3n) is 7.89. The summed E-state index contributed by atoms with van der Waals surface area (Å²) in [5.41, 5.74) is 9.01. The van der Waals surface area contributed by atoms with E-state index in [-0.39, 0.29) is 17.7 Å². The second-order valence-electron chi connectivity index (χ2n) is 10.8. The van der Waals surface area contributed by atoms with Crippen molar-refractivity contribution >= 4 is 11.8 Å². The first kappa shape index (κ1) is 30.0. The summed E-state index contributed by atoms with van der Waals surface area (Å²) in [6.07, 6.45) is 0.708. The van der Waals surface area contributed by atoms with E-state index in [0.717, 1.165) is 44.7 Å². The monoisotopic (exact) mass is 579 g/mol. The van der Waals surface area contributed by atoms with Gasteiger partial charge in [0, 0.05) is 16.7 Å². The van der Waals surface area contributed by atoms with Gasteiger partial charge >= 0.3 is 5.97 Å². The molecule has 44 heavy (non-hydrogen) atoms. The molecule has 0 aliphatic rings. The van der Waals surface area contributed by atoms with Crippen LogP contribution in [0.2, 0.25) is 0 Å². The minimum atomic E-state index is -0.275. The van der Waals surface area contributed by atoms with Crippen LogP contribution in [-0.2, 0) is 4.79 Å². The minimum Gasteiger partial charge on any atom is -0.496 e. The predicted octanol–water partition coefficient (Wildman–Crippen LogP) is 9.06. The number of aryl methyl sites for hydroxylation is 1. The van der Waals surface area contributed by atoms with E-state index in [9.17, 15) is 9.59 Å². The van der Waals surface area contributed by atoms with Gasteiger partial charge in [-0.05, 0) is 89.2 Å². The normalized spacial score (nSPS) is 11.3. The van der Waals surface area contributed by atoms with Gasteiger partial charge in [0.25, 0.3) is 0 Å². The molecule has 1 unspecified atom stereocenters. The van der Waals surface area contributed by atoms with Gasteiger partial charge in [-0.2, -0.15) is 5.26 Å². The topological polar surface area (TPSA) is 76.4 Å². The van der Waals surface area contributed by atoms with Crippen molar-refractivity contribution in [3.63, 3.8) is 0 Å². The Morgan fingerprint density at radius 3 is 1.82 bits per heavy atom. The summed E-state index contributed by atoms with van der Waals surface area (Å²) in [7, 11) is 1.66. The molecule has 1 atom stereocenters. The van der Waals surface area contributed by atoms with Crippen LogP contribution in [0.15, 0.2) is 109 Å². The molecule has 218 valence electrons. The van der Waals surface area contributed by atoms with Crippen molar-refractivity contribution in [1.82, 2.24) is 0 Å². The molecule has 0 amide bonds. The molecule has 0 radical (unpaired) electrons. The van der Waals surface area contributed by atoms with E-state index in [0.29, 0.717) is 28.9 Å². The van der Waals surface area contributed by atoms with Crippen molar-refractivity contribution < 1.29 is 19.1 Å². The maximum atomic E-state index is 13.1. The summed E-state index contributed by atoms with van der Waals surface area (Å²) in [5, 5.41) is 9.10. The highest BCUT2D eigenvalue weighted by atomic mass is 16.5. The lowest BCUT2D eigenvalue weighted by molar-refractivity contribution is -0.138. The molecule has 5 heteroatoms. The third-order valence-corrected chi connectivity index (χ3v) is 7.89. The third kappa shape index (κ3) is 6.45. The van der Waals surface area contributed by atoms with E-state index in [1.807, 2.05) is 62.4 Å². The zero-order valence-corrected chi connectivity index (χ0v) is 25.3. The number of nitriles is 1.